The van der Waals surface area contributed by atoms with E-state index in [2.05, 4.69) is 15.3 Å². The maximum Gasteiger partial charge on any atom is 0.208 e. The number of pyridine rings is 1. The summed E-state index contributed by atoms with van der Waals surface area (Å²) in [5.41, 5.74) is 0.803. The second-order valence-electron chi connectivity index (χ2n) is 4.11. The highest BCUT2D eigenvalue weighted by atomic mass is 19.1. The lowest BCUT2D eigenvalue weighted by Crippen LogP contribution is -2.18. The summed E-state index contributed by atoms with van der Waals surface area (Å²) < 4.78 is 18.5. The van der Waals surface area contributed by atoms with Crippen molar-refractivity contribution in [1.82, 2.24) is 15.3 Å². The zero-order chi connectivity index (χ0) is 13.0. The van der Waals surface area contributed by atoms with Gasteiger partial charge in [0, 0.05) is 18.7 Å². The topological polar surface area (TPSA) is 51.0 Å². The minimum Gasteiger partial charge on any atom is -0.444 e. The van der Waals surface area contributed by atoms with Gasteiger partial charge in [0.15, 0.2) is 0 Å². The van der Waals surface area contributed by atoms with Crippen LogP contribution < -0.4 is 5.32 Å². The van der Waals surface area contributed by atoms with Crippen molar-refractivity contribution in [3.63, 3.8) is 0 Å². The third kappa shape index (κ3) is 3.13. The van der Waals surface area contributed by atoms with Crippen molar-refractivity contribution in [2.75, 3.05) is 0 Å². The van der Waals surface area contributed by atoms with Gasteiger partial charge in [-0.1, -0.05) is 6.92 Å². The van der Waals surface area contributed by atoms with Crippen LogP contribution in [0.15, 0.2) is 29.1 Å². The summed E-state index contributed by atoms with van der Waals surface area (Å²) in [5.74, 6) is 1.18. The van der Waals surface area contributed by atoms with Gasteiger partial charge in [0.1, 0.15) is 11.6 Å². The lowest BCUT2D eigenvalue weighted by Gasteiger charge is -2.12. The van der Waals surface area contributed by atoms with Crippen LogP contribution in [0.1, 0.15) is 37.1 Å². The van der Waals surface area contributed by atoms with E-state index in [4.69, 9.17) is 4.42 Å². The van der Waals surface area contributed by atoms with Gasteiger partial charge in [0.25, 0.3) is 0 Å². The minimum atomic E-state index is -0.328. The van der Waals surface area contributed by atoms with Crippen LogP contribution in [0.25, 0.3) is 0 Å². The molecule has 2 heterocycles. The third-order valence-electron chi connectivity index (χ3n) is 2.74. The Morgan fingerprint density at radius 1 is 1.39 bits per heavy atom. The number of hydrogen-bond donors (Lipinski definition) is 1. The Hall–Kier alpha value is -1.75. The largest absolute Gasteiger partial charge is 0.444 e. The molecule has 2 aromatic rings. The van der Waals surface area contributed by atoms with Gasteiger partial charge < -0.3 is 9.73 Å². The molecule has 4 nitrogen and oxygen atoms in total. The first-order chi connectivity index (χ1) is 8.69. The number of nitrogens with zero attached hydrogens (tertiary/aromatic N) is 2. The molecule has 0 aliphatic carbocycles. The number of aromatic nitrogens is 2. The maximum absolute atomic E-state index is 13.0. The zero-order valence-corrected chi connectivity index (χ0v) is 10.5. The first kappa shape index (κ1) is 12.7. The molecule has 2 rings (SSSR count). The first-order valence-electron chi connectivity index (χ1n) is 5.96. The highest BCUT2D eigenvalue weighted by Crippen LogP contribution is 2.13. The summed E-state index contributed by atoms with van der Waals surface area (Å²) in [6, 6.07) is 1.46. The Balaban J connectivity index is 1.93. The molecule has 0 radical (unpaired) electrons. The molecule has 2 aromatic heterocycles. The molecule has 0 bridgehead atoms. The lowest BCUT2D eigenvalue weighted by atomic mass is 10.1. The van der Waals surface area contributed by atoms with Crippen molar-refractivity contribution in [2.24, 2.45) is 0 Å². The fraction of sp³-hybridized carbons (Fsp3) is 0.385. The SMILES string of the molecule is CCc1cnc(CNC(C)c2cncc(F)c2)o1. The summed E-state index contributed by atoms with van der Waals surface area (Å²) >= 11 is 0. The van der Waals surface area contributed by atoms with Crippen LogP contribution in [0.3, 0.4) is 0 Å². The summed E-state index contributed by atoms with van der Waals surface area (Å²) in [5, 5.41) is 3.22. The van der Waals surface area contributed by atoms with Crippen LogP contribution in [0.5, 0.6) is 0 Å². The molecule has 1 unspecified atom stereocenters. The van der Waals surface area contributed by atoms with Gasteiger partial charge in [-0.05, 0) is 18.6 Å². The van der Waals surface area contributed by atoms with Crippen molar-refractivity contribution in [1.29, 1.82) is 0 Å². The van der Waals surface area contributed by atoms with Crippen molar-refractivity contribution in [3.8, 4) is 0 Å². The Bertz CT molecular complexity index is 512. The fourth-order valence-electron chi connectivity index (χ4n) is 1.62. The maximum atomic E-state index is 13.0. The molecule has 0 saturated heterocycles. The summed E-state index contributed by atoms with van der Waals surface area (Å²) in [6.07, 6.45) is 5.40. The summed E-state index contributed by atoms with van der Waals surface area (Å²) in [7, 11) is 0. The van der Waals surface area contributed by atoms with E-state index in [0.29, 0.717) is 12.4 Å². The molecule has 96 valence electrons. The Kier molecular flexibility index (Phi) is 4.04. The van der Waals surface area contributed by atoms with Crippen LogP contribution in [0.2, 0.25) is 0 Å². The van der Waals surface area contributed by atoms with Crippen molar-refractivity contribution >= 4 is 0 Å². The first-order valence-corrected chi connectivity index (χ1v) is 5.96. The summed E-state index contributed by atoms with van der Waals surface area (Å²) in [4.78, 5) is 7.97. The molecule has 0 amide bonds. The van der Waals surface area contributed by atoms with E-state index in [-0.39, 0.29) is 11.9 Å². The van der Waals surface area contributed by atoms with E-state index in [9.17, 15) is 4.39 Å². The van der Waals surface area contributed by atoms with E-state index in [1.54, 1.807) is 12.4 Å². The molecule has 0 aliphatic heterocycles. The molecular formula is C13H16FN3O. The average molecular weight is 249 g/mol. The van der Waals surface area contributed by atoms with Crippen molar-refractivity contribution in [3.05, 3.63) is 47.7 Å². The van der Waals surface area contributed by atoms with Gasteiger partial charge in [-0.2, -0.15) is 0 Å². The standard InChI is InChI=1S/C13H16FN3O/c1-3-12-7-17-13(18-12)8-16-9(2)10-4-11(14)6-15-5-10/h4-7,9,16H,3,8H2,1-2H3. The molecule has 0 aliphatic rings. The number of oxazole rings is 1. The predicted molar refractivity (Wildman–Crippen MR) is 65.3 cm³/mol. The third-order valence-corrected chi connectivity index (χ3v) is 2.74. The lowest BCUT2D eigenvalue weighted by molar-refractivity contribution is 0.423. The molecule has 1 atom stereocenters. The molecule has 0 fully saturated rings. The highest BCUT2D eigenvalue weighted by molar-refractivity contribution is 5.14. The van der Waals surface area contributed by atoms with Crippen LogP contribution in [-0.2, 0) is 13.0 Å². The fourth-order valence-corrected chi connectivity index (χ4v) is 1.62. The van der Waals surface area contributed by atoms with E-state index < -0.39 is 0 Å². The van der Waals surface area contributed by atoms with Crippen LogP contribution in [0, 0.1) is 5.82 Å². The van der Waals surface area contributed by atoms with Crippen molar-refractivity contribution in [2.45, 2.75) is 32.9 Å². The Morgan fingerprint density at radius 3 is 2.89 bits per heavy atom. The van der Waals surface area contributed by atoms with E-state index in [1.807, 2.05) is 13.8 Å². The quantitative estimate of drug-likeness (QED) is 0.885. The summed E-state index contributed by atoms with van der Waals surface area (Å²) in [6.45, 7) is 4.47. The van der Waals surface area contributed by atoms with Crippen LogP contribution in [0.4, 0.5) is 4.39 Å². The van der Waals surface area contributed by atoms with Gasteiger partial charge in [-0.25, -0.2) is 9.37 Å². The number of hydrogen-bond acceptors (Lipinski definition) is 4. The van der Waals surface area contributed by atoms with Gasteiger partial charge >= 0.3 is 0 Å². The monoisotopic (exact) mass is 249 g/mol. The number of halogens is 1. The van der Waals surface area contributed by atoms with Crippen LogP contribution >= 0.6 is 0 Å². The minimum absolute atomic E-state index is 0.00910. The number of nitrogens with one attached hydrogen (secondary N) is 1. The van der Waals surface area contributed by atoms with E-state index in [1.165, 1.54) is 12.3 Å². The smallest absolute Gasteiger partial charge is 0.208 e. The number of rotatable bonds is 5. The molecule has 1 N–H and O–H groups in total. The molecular weight excluding hydrogens is 233 g/mol. The Labute approximate surface area is 105 Å². The zero-order valence-electron chi connectivity index (χ0n) is 10.5. The highest BCUT2D eigenvalue weighted by Gasteiger charge is 2.08. The molecule has 18 heavy (non-hydrogen) atoms. The van der Waals surface area contributed by atoms with E-state index in [0.717, 1.165) is 17.7 Å². The molecule has 0 aromatic carbocycles. The second-order valence-corrected chi connectivity index (χ2v) is 4.11. The van der Waals surface area contributed by atoms with Crippen LogP contribution in [-0.4, -0.2) is 9.97 Å². The van der Waals surface area contributed by atoms with Gasteiger partial charge in [-0.3, -0.25) is 4.98 Å². The van der Waals surface area contributed by atoms with Gasteiger partial charge in [0.05, 0.1) is 18.9 Å². The molecule has 0 spiro atoms. The van der Waals surface area contributed by atoms with E-state index >= 15 is 0 Å². The Morgan fingerprint density at radius 2 is 2.22 bits per heavy atom. The second kappa shape index (κ2) is 5.73. The molecule has 5 heteroatoms. The van der Waals surface area contributed by atoms with Gasteiger partial charge in [-0.15, -0.1) is 0 Å². The average Bonchev–Trinajstić information content (AvgIpc) is 2.84. The van der Waals surface area contributed by atoms with Gasteiger partial charge in [0.2, 0.25) is 5.89 Å². The van der Waals surface area contributed by atoms with Crippen molar-refractivity contribution < 1.29 is 8.81 Å². The number of aryl methyl sites for hydroxylation is 1. The predicted octanol–water partition coefficient (Wildman–Crippen LogP) is 2.62. The normalized spacial score (nSPS) is 12.6. The molecule has 0 saturated carbocycles.